The first kappa shape index (κ1) is 8.02. The Morgan fingerprint density at radius 2 is 1.83 bits per heavy atom. The van der Waals surface area contributed by atoms with Crippen LogP contribution in [0.15, 0.2) is 10.3 Å². The van der Waals surface area contributed by atoms with Gasteiger partial charge in [0.1, 0.15) is 0 Å². The standard InChI is InChI=1S/C9H17N3/c1-12(7-9-4-5-9)11-10-6-8-2-3-8/h8-9H,2-7H2,1H3. The zero-order valence-corrected chi connectivity index (χ0v) is 7.74. The molecule has 0 aromatic carbocycles. The fourth-order valence-electron chi connectivity index (χ4n) is 1.27. The SMILES string of the molecule is CN(CC1CC1)N=NCC1CC1. The van der Waals surface area contributed by atoms with E-state index in [2.05, 4.69) is 10.3 Å². The summed E-state index contributed by atoms with van der Waals surface area (Å²) in [6, 6.07) is 0. The van der Waals surface area contributed by atoms with Gasteiger partial charge in [0, 0.05) is 13.6 Å². The Kier molecular flexibility index (Phi) is 2.28. The van der Waals surface area contributed by atoms with Crippen molar-refractivity contribution < 1.29 is 0 Å². The predicted molar refractivity (Wildman–Crippen MR) is 47.8 cm³/mol. The molecule has 0 N–H and O–H groups in total. The molecule has 12 heavy (non-hydrogen) atoms. The first-order chi connectivity index (χ1) is 5.84. The third kappa shape index (κ3) is 2.80. The molecular formula is C9H17N3. The van der Waals surface area contributed by atoms with E-state index >= 15 is 0 Å². The van der Waals surface area contributed by atoms with Gasteiger partial charge >= 0.3 is 0 Å². The van der Waals surface area contributed by atoms with Crippen molar-refractivity contribution >= 4 is 0 Å². The number of hydrogen-bond acceptors (Lipinski definition) is 2. The van der Waals surface area contributed by atoms with Gasteiger partial charge in [-0.2, -0.15) is 5.11 Å². The molecule has 0 atom stereocenters. The smallest absolute Gasteiger partial charge is 0.0648 e. The van der Waals surface area contributed by atoms with E-state index in [1.54, 1.807) is 0 Å². The minimum absolute atomic E-state index is 0.864. The Morgan fingerprint density at radius 1 is 1.17 bits per heavy atom. The molecule has 0 amide bonds. The Bertz CT molecular complexity index is 171. The summed E-state index contributed by atoms with van der Waals surface area (Å²) in [6.45, 7) is 2.06. The molecular weight excluding hydrogens is 150 g/mol. The van der Waals surface area contributed by atoms with E-state index in [-0.39, 0.29) is 0 Å². The summed E-state index contributed by atoms with van der Waals surface area (Å²) < 4.78 is 0. The second-order valence-electron chi connectivity index (χ2n) is 4.14. The molecule has 0 saturated heterocycles. The maximum atomic E-state index is 4.17. The van der Waals surface area contributed by atoms with Crippen LogP contribution in [-0.4, -0.2) is 25.1 Å². The Labute approximate surface area is 73.8 Å². The van der Waals surface area contributed by atoms with Crippen LogP contribution < -0.4 is 0 Å². The second-order valence-corrected chi connectivity index (χ2v) is 4.14. The van der Waals surface area contributed by atoms with Crippen LogP contribution >= 0.6 is 0 Å². The van der Waals surface area contributed by atoms with Crippen LogP contribution in [0.3, 0.4) is 0 Å². The first-order valence-electron chi connectivity index (χ1n) is 4.93. The van der Waals surface area contributed by atoms with E-state index in [0.29, 0.717) is 0 Å². The molecule has 2 rings (SSSR count). The lowest BCUT2D eigenvalue weighted by atomic mass is 10.4. The maximum absolute atomic E-state index is 4.17. The summed E-state index contributed by atoms with van der Waals surface area (Å²) in [7, 11) is 2.02. The van der Waals surface area contributed by atoms with Crippen molar-refractivity contribution in [3.63, 3.8) is 0 Å². The van der Waals surface area contributed by atoms with Crippen LogP contribution in [0.5, 0.6) is 0 Å². The van der Waals surface area contributed by atoms with Crippen molar-refractivity contribution in [1.82, 2.24) is 5.01 Å². The lowest BCUT2D eigenvalue weighted by molar-refractivity contribution is 0.311. The molecule has 0 aromatic heterocycles. The van der Waals surface area contributed by atoms with E-state index in [0.717, 1.165) is 24.9 Å². The average Bonchev–Trinajstić information content (AvgIpc) is 2.77. The quantitative estimate of drug-likeness (QED) is 0.455. The molecule has 68 valence electrons. The van der Waals surface area contributed by atoms with Gasteiger partial charge < -0.3 is 0 Å². The van der Waals surface area contributed by atoms with Crippen molar-refractivity contribution in [2.45, 2.75) is 25.7 Å². The monoisotopic (exact) mass is 167 g/mol. The minimum atomic E-state index is 0.864. The first-order valence-corrected chi connectivity index (χ1v) is 4.93. The summed E-state index contributed by atoms with van der Waals surface area (Å²) in [6.07, 6.45) is 5.52. The van der Waals surface area contributed by atoms with Gasteiger partial charge in [-0.1, -0.05) is 5.22 Å². The molecule has 2 fully saturated rings. The molecule has 2 aliphatic carbocycles. The van der Waals surface area contributed by atoms with Crippen molar-refractivity contribution in [3.05, 3.63) is 0 Å². The maximum Gasteiger partial charge on any atom is 0.0648 e. The highest BCUT2D eigenvalue weighted by molar-refractivity contribution is 4.75. The van der Waals surface area contributed by atoms with Crippen molar-refractivity contribution in [1.29, 1.82) is 0 Å². The van der Waals surface area contributed by atoms with E-state index in [9.17, 15) is 0 Å². The van der Waals surface area contributed by atoms with Crippen LogP contribution in [0.25, 0.3) is 0 Å². The molecule has 0 aliphatic heterocycles. The fraction of sp³-hybridized carbons (Fsp3) is 1.00. The average molecular weight is 167 g/mol. The van der Waals surface area contributed by atoms with Gasteiger partial charge in [0.15, 0.2) is 0 Å². The van der Waals surface area contributed by atoms with Gasteiger partial charge in [-0.05, 0) is 37.5 Å². The summed E-state index contributed by atoms with van der Waals surface area (Å²) in [4.78, 5) is 0. The van der Waals surface area contributed by atoms with Crippen LogP contribution in [0, 0.1) is 11.8 Å². The lowest BCUT2D eigenvalue weighted by Gasteiger charge is -2.09. The second kappa shape index (κ2) is 3.42. The minimum Gasteiger partial charge on any atom is -0.282 e. The Balaban J connectivity index is 1.58. The van der Waals surface area contributed by atoms with Gasteiger partial charge in [0.05, 0.1) is 6.54 Å². The highest BCUT2D eigenvalue weighted by Gasteiger charge is 2.23. The molecule has 2 aliphatic rings. The van der Waals surface area contributed by atoms with Crippen LogP contribution in [0.1, 0.15) is 25.7 Å². The predicted octanol–water partition coefficient (Wildman–Crippen LogP) is 2.11. The largest absolute Gasteiger partial charge is 0.282 e. The highest BCUT2D eigenvalue weighted by Crippen LogP contribution is 2.30. The lowest BCUT2D eigenvalue weighted by Crippen LogP contribution is -2.13. The van der Waals surface area contributed by atoms with E-state index in [4.69, 9.17) is 0 Å². The van der Waals surface area contributed by atoms with E-state index in [1.165, 1.54) is 25.7 Å². The van der Waals surface area contributed by atoms with Gasteiger partial charge in [-0.15, -0.1) is 0 Å². The van der Waals surface area contributed by atoms with Crippen LogP contribution in [0.2, 0.25) is 0 Å². The van der Waals surface area contributed by atoms with Gasteiger partial charge in [-0.25, -0.2) is 0 Å². The van der Waals surface area contributed by atoms with Crippen LogP contribution in [-0.2, 0) is 0 Å². The molecule has 0 spiro atoms. The highest BCUT2D eigenvalue weighted by atomic mass is 15.5. The van der Waals surface area contributed by atoms with Crippen LogP contribution in [0.4, 0.5) is 0 Å². The summed E-state index contributed by atoms with van der Waals surface area (Å²) in [5, 5.41) is 10.3. The van der Waals surface area contributed by atoms with Gasteiger partial charge in [0.2, 0.25) is 0 Å². The fourth-order valence-corrected chi connectivity index (χ4v) is 1.27. The summed E-state index contributed by atoms with van der Waals surface area (Å²) in [5.74, 6) is 1.78. The zero-order valence-electron chi connectivity index (χ0n) is 7.74. The Hall–Kier alpha value is -0.600. The molecule has 3 nitrogen and oxygen atoms in total. The zero-order chi connectivity index (χ0) is 8.39. The Morgan fingerprint density at radius 3 is 2.42 bits per heavy atom. The van der Waals surface area contributed by atoms with Gasteiger partial charge in [-0.3, -0.25) is 5.01 Å². The summed E-state index contributed by atoms with van der Waals surface area (Å²) >= 11 is 0. The van der Waals surface area contributed by atoms with Crippen molar-refractivity contribution in [2.75, 3.05) is 20.1 Å². The molecule has 0 bridgehead atoms. The molecule has 0 unspecified atom stereocenters. The summed E-state index contributed by atoms with van der Waals surface area (Å²) in [5.41, 5.74) is 0. The van der Waals surface area contributed by atoms with E-state index < -0.39 is 0 Å². The van der Waals surface area contributed by atoms with Crippen molar-refractivity contribution in [3.8, 4) is 0 Å². The van der Waals surface area contributed by atoms with E-state index in [1.807, 2.05) is 12.1 Å². The molecule has 0 heterocycles. The normalized spacial score (nSPS) is 23.4. The van der Waals surface area contributed by atoms with Crippen molar-refractivity contribution in [2.24, 2.45) is 22.2 Å². The third-order valence-electron chi connectivity index (χ3n) is 2.47. The molecule has 2 saturated carbocycles. The third-order valence-corrected chi connectivity index (χ3v) is 2.47. The molecule has 0 radical (unpaired) electrons. The molecule has 3 heteroatoms. The van der Waals surface area contributed by atoms with Gasteiger partial charge in [0.25, 0.3) is 0 Å². The number of nitrogens with zero attached hydrogens (tertiary/aromatic N) is 3. The number of rotatable bonds is 5. The number of hydrogen-bond donors (Lipinski definition) is 0. The topological polar surface area (TPSA) is 28.0 Å². The molecule has 0 aromatic rings.